The Hall–Kier alpha value is -1.95. The third kappa shape index (κ3) is 3.08. The van der Waals surface area contributed by atoms with Crippen LogP contribution >= 0.6 is 0 Å². The maximum Gasteiger partial charge on any atom is 0.246 e. The van der Waals surface area contributed by atoms with Gasteiger partial charge in [0.25, 0.3) is 0 Å². The molecule has 0 bridgehead atoms. The summed E-state index contributed by atoms with van der Waals surface area (Å²) in [5, 5.41) is 6.09. The van der Waals surface area contributed by atoms with Crippen LogP contribution in [0.4, 0.5) is 4.39 Å². The lowest BCUT2D eigenvalue weighted by atomic mass is 9.98. The van der Waals surface area contributed by atoms with Crippen LogP contribution in [-0.2, 0) is 16.1 Å². The summed E-state index contributed by atoms with van der Waals surface area (Å²) in [6, 6.07) is 5.77. The summed E-state index contributed by atoms with van der Waals surface area (Å²) >= 11 is 0. The Balaban J connectivity index is 1.64. The van der Waals surface area contributed by atoms with Gasteiger partial charge in [-0.15, -0.1) is 0 Å². The number of halogens is 1. The highest BCUT2D eigenvalue weighted by Crippen LogP contribution is 2.25. The van der Waals surface area contributed by atoms with Gasteiger partial charge in [0.2, 0.25) is 11.8 Å². The van der Waals surface area contributed by atoms with Crippen LogP contribution in [0.3, 0.4) is 0 Å². The molecular formula is C17H22FN3O2. The van der Waals surface area contributed by atoms with Crippen molar-refractivity contribution in [2.45, 2.75) is 44.9 Å². The van der Waals surface area contributed by atoms with E-state index in [1.807, 2.05) is 13.8 Å². The number of carbonyl (C=O) groups excluding carboxylic acids is 2. The highest BCUT2D eigenvalue weighted by molar-refractivity contribution is 5.97. The van der Waals surface area contributed by atoms with Crippen molar-refractivity contribution in [1.29, 1.82) is 0 Å². The van der Waals surface area contributed by atoms with Gasteiger partial charge in [-0.3, -0.25) is 9.59 Å². The van der Waals surface area contributed by atoms with Gasteiger partial charge >= 0.3 is 0 Å². The van der Waals surface area contributed by atoms with Crippen molar-refractivity contribution >= 4 is 11.8 Å². The molecule has 3 rings (SSSR count). The third-order valence-electron chi connectivity index (χ3n) is 4.66. The second kappa shape index (κ2) is 6.28. The summed E-state index contributed by atoms with van der Waals surface area (Å²) in [6.07, 6.45) is 0.566. The van der Waals surface area contributed by atoms with E-state index in [4.69, 9.17) is 0 Å². The lowest BCUT2D eigenvalue weighted by Crippen LogP contribution is -2.62. The predicted molar refractivity (Wildman–Crippen MR) is 83.9 cm³/mol. The Morgan fingerprint density at radius 3 is 2.78 bits per heavy atom. The lowest BCUT2D eigenvalue weighted by Gasteiger charge is -2.36. The average Bonchev–Trinajstić information content (AvgIpc) is 2.95. The van der Waals surface area contributed by atoms with E-state index in [-0.39, 0.29) is 29.6 Å². The molecule has 2 saturated heterocycles. The Morgan fingerprint density at radius 2 is 2.09 bits per heavy atom. The van der Waals surface area contributed by atoms with Gasteiger partial charge in [-0.2, -0.15) is 0 Å². The average molecular weight is 319 g/mol. The Bertz CT molecular complexity index is 620. The number of fused-ring (bicyclic) bond motifs is 1. The summed E-state index contributed by atoms with van der Waals surface area (Å²) in [5.74, 6) is -0.277. The molecule has 2 amide bonds. The van der Waals surface area contributed by atoms with Gasteiger partial charge in [0.1, 0.15) is 17.9 Å². The Morgan fingerprint density at radius 1 is 1.35 bits per heavy atom. The highest BCUT2D eigenvalue weighted by Gasteiger charge is 2.46. The summed E-state index contributed by atoms with van der Waals surface area (Å²) in [4.78, 5) is 26.4. The van der Waals surface area contributed by atoms with Crippen molar-refractivity contribution in [3.05, 3.63) is 35.6 Å². The van der Waals surface area contributed by atoms with Crippen molar-refractivity contribution in [3.63, 3.8) is 0 Å². The molecule has 2 aliphatic rings. The molecule has 0 aliphatic carbocycles. The van der Waals surface area contributed by atoms with Gasteiger partial charge in [-0.25, -0.2) is 4.39 Å². The summed E-state index contributed by atoms with van der Waals surface area (Å²) in [5.41, 5.74) is 0.591. The monoisotopic (exact) mass is 319 g/mol. The molecule has 1 aromatic rings. The van der Waals surface area contributed by atoms with Crippen LogP contribution in [0.2, 0.25) is 0 Å². The number of hydrogen-bond acceptors (Lipinski definition) is 3. The normalized spacial score (nSPS) is 27.3. The molecule has 5 nitrogen and oxygen atoms in total. The van der Waals surface area contributed by atoms with E-state index in [0.29, 0.717) is 25.1 Å². The van der Waals surface area contributed by atoms with Crippen molar-refractivity contribution in [1.82, 2.24) is 15.5 Å². The molecule has 2 aliphatic heterocycles. The zero-order valence-electron chi connectivity index (χ0n) is 13.4. The van der Waals surface area contributed by atoms with E-state index in [1.54, 1.807) is 23.1 Å². The largest absolute Gasteiger partial charge is 0.342 e. The topological polar surface area (TPSA) is 61.4 Å². The van der Waals surface area contributed by atoms with Crippen molar-refractivity contribution < 1.29 is 14.0 Å². The third-order valence-corrected chi connectivity index (χ3v) is 4.66. The second-order valence-corrected chi connectivity index (χ2v) is 6.64. The molecular weight excluding hydrogens is 297 g/mol. The number of benzene rings is 1. The number of hydrogen-bond donors (Lipinski definition) is 2. The van der Waals surface area contributed by atoms with Crippen molar-refractivity contribution in [3.8, 4) is 0 Å². The zero-order valence-corrected chi connectivity index (χ0v) is 13.4. The fourth-order valence-electron chi connectivity index (χ4n) is 3.31. The number of piperazine rings is 1. The maximum absolute atomic E-state index is 13.7. The van der Waals surface area contributed by atoms with Crippen LogP contribution in [0.25, 0.3) is 0 Å². The molecule has 2 fully saturated rings. The van der Waals surface area contributed by atoms with Crippen LogP contribution in [0.1, 0.15) is 25.8 Å². The van der Waals surface area contributed by atoms with Crippen LogP contribution in [0.15, 0.2) is 24.3 Å². The van der Waals surface area contributed by atoms with E-state index in [1.165, 1.54) is 6.07 Å². The van der Waals surface area contributed by atoms with Crippen LogP contribution in [0, 0.1) is 11.7 Å². The van der Waals surface area contributed by atoms with E-state index in [9.17, 15) is 14.0 Å². The van der Waals surface area contributed by atoms with Crippen LogP contribution in [0.5, 0.6) is 0 Å². The minimum absolute atomic E-state index is 0.000202. The number of nitrogens with one attached hydrogen (secondary N) is 2. The number of amides is 2. The lowest BCUT2D eigenvalue weighted by molar-refractivity contribution is -0.148. The molecule has 6 heteroatoms. The first kappa shape index (κ1) is 15.9. The molecule has 1 aromatic carbocycles. The fraction of sp³-hybridized carbons (Fsp3) is 0.529. The predicted octanol–water partition coefficient (Wildman–Crippen LogP) is 1.04. The summed E-state index contributed by atoms with van der Waals surface area (Å²) in [6.45, 7) is 4.73. The van der Waals surface area contributed by atoms with Gasteiger partial charge in [0.05, 0.1) is 0 Å². The first-order chi connectivity index (χ1) is 11.0. The minimum Gasteiger partial charge on any atom is -0.342 e. The maximum atomic E-state index is 13.7. The van der Waals surface area contributed by atoms with Gasteiger partial charge in [0.15, 0.2) is 0 Å². The summed E-state index contributed by atoms with van der Waals surface area (Å²) in [7, 11) is 0. The SMILES string of the molecule is CC(C)[C@@H]1NC(=O)[C@@H]2C[C@H](NCc3ccccc3F)CN2C1=O. The van der Waals surface area contributed by atoms with Gasteiger partial charge < -0.3 is 15.5 Å². The second-order valence-electron chi connectivity index (χ2n) is 6.64. The van der Waals surface area contributed by atoms with Crippen LogP contribution in [-0.4, -0.2) is 41.4 Å². The smallest absolute Gasteiger partial charge is 0.246 e. The van der Waals surface area contributed by atoms with Crippen molar-refractivity contribution in [2.24, 2.45) is 5.92 Å². The molecule has 2 N–H and O–H groups in total. The van der Waals surface area contributed by atoms with Crippen molar-refractivity contribution in [2.75, 3.05) is 6.54 Å². The minimum atomic E-state index is -0.441. The van der Waals surface area contributed by atoms with Gasteiger partial charge in [0, 0.05) is 24.7 Å². The zero-order chi connectivity index (χ0) is 16.6. The first-order valence-electron chi connectivity index (χ1n) is 8.05. The molecule has 23 heavy (non-hydrogen) atoms. The summed E-state index contributed by atoms with van der Waals surface area (Å²) < 4.78 is 13.7. The molecule has 0 aromatic heterocycles. The van der Waals surface area contributed by atoms with Crippen LogP contribution < -0.4 is 10.6 Å². The van der Waals surface area contributed by atoms with E-state index < -0.39 is 12.1 Å². The van der Waals surface area contributed by atoms with E-state index in [2.05, 4.69) is 10.6 Å². The molecule has 124 valence electrons. The molecule has 0 spiro atoms. The Kier molecular flexibility index (Phi) is 4.35. The molecule has 0 radical (unpaired) electrons. The first-order valence-corrected chi connectivity index (χ1v) is 8.05. The fourth-order valence-corrected chi connectivity index (χ4v) is 3.31. The molecule has 2 heterocycles. The quantitative estimate of drug-likeness (QED) is 0.872. The molecule has 0 unspecified atom stereocenters. The number of rotatable bonds is 4. The highest BCUT2D eigenvalue weighted by atomic mass is 19.1. The molecule has 3 atom stereocenters. The van der Waals surface area contributed by atoms with E-state index in [0.717, 1.165) is 0 Å². The molecule has 0 saturated carbocycles. The number of carbonyl (C=O) groups is 2. The number of nitrogens with zero attached hydrogens (tertiary/aromatic N) is 1. The van der Waals surface area contributed by atoms with Gasteiger partial charge in [-0.1, -0.05) is 32.0 Å². The standard InChI is InChI=1S/C17H22FN3O2/c1-10(2)15-17(23)21-9-12(7-14(21)16(22)20-15)19-8-11-5-3-4-6-13(11)18/h3-6,10,12,14-15,19H,7-9H2,1-2H3,(H,20,22)/t12-,14-,15-/m0/s1. The Labute approximate surface area is 135 Å². The van der Waals surface area contributed by atoms with E-state index >= 15 is 0 Å². The van der Waals surface area contributed by atoms with Gasteiger partial charge in [-0.05, 0) is 18.4 Å².